The van der Waals surface area contributed by atoms with E-state index in [0.717, 1.165) is 25.3 Å². The summed E-state index contributed by atoms with van der Waals surface area (Å²) in [5.41, 5.74) is 5.45. The average molecular weight is 478 g/mol. The topological polar surface area (TPSA) is 79.3 Å². The van der Waals surface area contributed by atoms with Crippen molar-refractivity contribution in [3.8, 4) is 11.8 Å². The van der Waals surface area contributed by atoms with Crippen LogP contribution in [0.3, 0.4) is 0 Å². The Hall–Kier alpha value is -2.70. The molecule has 1 aliphatic rings. The minimum Gasteiger partial charge on any atom is -0.490 e. The number of carbonyl (C=O) groups is 1. The van der Waals surface area contributed by atoms with Crippen LogP contribution in [0.15, 0.2) is 42.5 Å². The minimum absolute atomic E-state index is 0.0586. The number of halogens is 3. The van der Waals surface area contributed by atoms with Crippen molar-refractivity contribution in [1.29, 1.82) is 5.26 Å². The second-order valence-electron chi connectivity index (χ2n) is 8.13. The smallest absolute Gasteiger partial charge is 0.417 e. The van der Waals surface area contributed by atoms with E-state index in [1.165, 1.54) is 17.0 Å². The molecule has 2 aromatic rings. The second-order valence-corrected chi connectivity index (χ2v) is 8.58. The van der Waals surface area contributed by atoms with Gasteiger partial charge in [-0.2, -0.15) is 31.1 Å². The molecule has 0 spiro atoms. The van der Waals surface area contributed by atoms with Crippen molar-refractivity contribution >= 4 is 24.2 Å². The van der Waals surface area contributed by atoms with Crippen molar-refractivity contribution in [2.24, 2.45) is 5.73 Å². The molecule has 0 saturated heterocycles. The van der Waals surface area contributed by atoms with Crippen molar-refractivity contribution in [2.45, 2.75) is 57.0 Å². The highest BCUT2D eigenvalue weighted by Gasteiger charge is 2.34. The van der Waals surface area contributed by atoms with Crippen molar-refractivity contribution < 1.29 is 22.7 Å². The highest BCUT2D eigenvalue weighted by Crippen LogP contribution is 2.35. The Kier molecular flexibility index (Phi) is 7.92. The van der Waals surface area contributed by atoms with Crippen LogP contribution in [0.25, 0.3) is 0 Å². The molecule has 3 rings (SSSR count). The maximum atomic E-state index is 13.2. The number of thiol groups is 1. The Labute approximate surface area is 196 Å². The molecular weight excluding hydrogens is 451 g/mol. The molecule has 1 saturated carbocycles. The summed E-state index contributed by atoms with van der Waals surface area (Å²) >= 11 is 4.14. The quantitative estimate of drug-likeness (QED) is 0.534. The van der Waals surface area contributed by atoms with E-state index < -0.39 is 23.3 Å². The van der Waals surface area contributed by atoms with E-state index in [1.54, 1.807) is 37.3 Å². The predicted molar refractivity (Wildman–Crippen MR) is 123 cm³/mol. The zero-order chi connectivity index (χ0) is 24.2. The van der Waals surface area contributed by atoms with Gasteiger partial charge in [0.15, 0.2) is 0 Å². The summed E-state index contributed by atoms with van der Waals surface area (Å²) in [5, 5.41) is 9.24. The van der Waals surface area contributed by atoms with Gasteiger partial charge < -0.3 is 15.4 Å². The number of nitrogens with two attached hydrogens (primary N) is 1. The highest BCUT2D eigenvalue weighted by atomic mass is 32.1. The van der Waals surface area contributed by atoms with Gasteiger partial charge in [0.25, 0.3) is 0 Å². The van der Waals surface area contributed by atoms with Gasteiger partial charge in [0.2, 0.25) is 5.91 Å². The van der Waals surface area contributed by atoms with Gasteiger partial charge in [-0.15, -0.1) is 0 Å². The lowest BCUT2D eigenvalue weighted by molar-refractivity contribution is -0.137. The summed E-state index contributed by atoms with van der Waals surface area (Å²) in [6.45, 7) is 1.71. The first-order valence-corrected chi connectivity index (χ1v) is 11.3. The van der Waals surface area contributed by atoms with Crippen LogP contribution in [-0.4, -0.2) is 23.8 Å². The van der Waals surface area contributed by atoms with Crippen LogP contribution in [0.4, 0.5) is 18.9 Å². The number of nitriles is 1. The number of hydrogen-bond acceptors (Lipinski definition) is 5. The normalized spacial score (nSPS) is 19.1. The molecule has 1 amide bonds. The SMILES string of the molecule is C[C@@H](c1ccc(C(F)(F)F)c(C#N)c1)N(C(=O)CCS)c1ccc(O[C@@H]2CC[C@@H](N)C2)cc1. The van der Waals surface area contributed by atoms with E-state index in [4.69, 9.17) is 10.5 Å². The van der Waals surface area contributed by atoms with Gasteiger partial charge in [0.05, 0.1) is 23.2 Å². The standard InChI is InChI=1S/C24H26F3N3O2S/c1-15(16-2-9-22(24(25,26)27)17(12-16)14-28)30(23(31)10-11-33)19-4-7-20(8-5-19)32-21-6-3-18(29)13-21/h2,4-5,7-9,12,15,18,21,33H,3,6,10-11,13,29H2,1H3/t15-,18+,21+/m0/s1. The molecule has 2 N–H and O–H groups in total. The number of amides is 1. The number of nitrogens with zero attached hydrogens (tertiary/aromatic N) is 2. The Morgan fingerprint density at radius 1 is 1.27 bits per heavy atom. The number of hydrogen-bond donors (Lipinski definition) is 2. The lowest BCUT2D eigenvalue weighted by atomic mass is 9.99. The van der Waals surface area contributed by atoms with Gasteiger partial charge in [0, 0.05) is 18.2 Å². The molecule has 33 heavy (non-hydrogen) atoms. The number of alkyl halides is 3. The van der Waals surface area contributed by atoms with Gasteiger partial charge in [-0.25, -0.2) is 0 Å². The number of benzene rings is 2. The summed E-state index contributed by atoms with van der Waals surface area (Å²) in [6.07, 6.45) is -1.82. The number of ether oxygens (including phenoxy) is 1. The van der Waals surface area contributed by atoms with E-state index >= 15 is 0 Å². The molecule has 9 heteroatoms. The third-order valence-electron chi connectivity index (χ3n) is 5.78. The van der Waals surface area contributed by atoms with Crippen LogP contribution in [0.2, 0.25) is 0 Å². The fraction of sp³-hybridized carbons (Fsp3) is 0.417. The van der Waals surface area contributed by atoms with Gasteiger partial charge in [-0.1, -0.05) is 6.07 Å². The lowest BCUT2D eigenvalue weighted by Gasteiger charge is -2.30. The summed E-state index contributed by atoms with van der Waals surface area (Å²) in [4.78, 5) is 14.4. The molecular formula is C24H26F3N3O2S. The summed E-state index contributed by atoms with van der Waals surface area (Å²) in [6, 6.07) is 11.5. The molecule has 0 heterocycles. The Balaban J connectivity index is 1.88. The van der Waals surface area contributed by atoms with Gasteiger partial charge in [-0.3, -0.25) is 4.79 Å². The highest BCUT2D eigenvalue weighted by molar-refractivity contribution is 7.80. The zero-order valence-electron chi connectivity index (χ0n) is 18.2. The molecule has 0 radical (unpaired) electrons. The van der Waals surface area contributed by atoms with Crippen LogP contribution in [0.5, 0.6) is 5.75 Å². The maximum absolute atomic E-state index is 13.2. The monoisotopic (exact) mass is 477 g/mol. The van der Waals surface area contributed by atoms with Gasteiger partial charge in [0.1, 0.15) is 11.9 Å². The van der Waals surface area contributed by atoms with Crippen molar-refractivity contribution in [3.63, 3.8) is 0 Å². The first-order chi connectivity index (χ1) is 15.6. The van der Waals surface area contributed by atoms with Gasteiger partial charge in [-0.05, 0) is 73.9 Å². The molecule has 0 bridgehead atoms. The van der Waals surface area contributed by atoms with E-state index in [2.05, 4.69) is 12.6 Å². The zero-order valence-corrected chi connectivity index (χ0v) is 19.1. The van der Waals surface area contributed by atoms with Crippen LogP contribution in [0, 0.1) is 11.3 Å². The van der Waals surface area contributed by atoms with Crippen molar-refractivity contribution in [2.75, 3.05) is 10.7 Å². The molecule has 176 valence electrons. The molecule has 3 atom stereocenters. The maximum Gasteiger partial charge on any atom is 0.417 e. The van der Waals surface area contributed by atoms with Crippen molar-refractivity contribution in [1.82, 2.24) is 0 Å². The Morgan fingerprint density at radius 3 is 2.52 bits per heavy atom. The summed E-state index contributed by atoms with van der Waals surface area (Å²) < 4.78 is 45.5. The van der Waals surface area contributed by atoms with E-state index in [1.807, 2.05) is 0 Å². The number of rotatable bonds is 7. The molecule has 5 nitrogen and oxygen atoms in total. The van der Waals surface area contributed by atoms with E-state index in [-0.39, 0.29) is 24.5 Å². The predicted octanol–water partition coefficient (Wildman–Crippen LogP) is 5.25. The van der Waals surface area contributed by atoms with Crippen LogP contribution >= 0.6 is 12.6 Å². The number of carbonyl (C=O) groups excluding carboxylic acids is 1. The molecule has 2 aromatic carbocycles. The third kappa shape index (κ3) is 6.01. The fourth-order valence-corrected chi connectivity index (χ4v) is 4.26. The largest absolute Gasteiger partial charge is 0.490 e. The van der Waals surface area contributed by atoms with Crippen molar-refractivity contribution in [3.05, 3.63) is 59.2 Å². The second kappa shape index (κ2) is 10.5. The van der Waals surface area contributed by atoms with E-state index in [9.17, 15) is 23.2 Å². The van der Waals surface area contributed by atoms with Crippen LogP contribution in [-0.2, 0) is 11.0 Å². The van der Waals surface area contributed by atoms with Gasteiger partial charge >= 0.3 is 6.18 Å². The molecule has 1 aliphatic carbocycles. The van der Waals surface area contributed by atoms with Crippen LogP contribution < -0.4 is 15.4 Å². The average Bonchev–Trinajstić information content (AvgIpc) is 3.18. The lowest BCUT2D eigenvalue weighted by Crippen LogP contribution is -2.34. The van der Waals surface area contributed by atoms with Crippen LogP contribution in [0.1, 0.15) is 55.3 Å². The summed E-state index contributed by atoms with van der Waals surface area (Å²) in [7, 11) is 0. The summed E-state index contributed by atoms with van der Waals surface area (Å²) in [5.74, 6) is 0.751. The third-order valence-corrected chi connectivity index (χ3v) is 6.00. The number of anilines is 1. The first-order valence-electron chi connectivity index (χ1n) is 10.7. The fourth-order valence-electron chi connectivity index (χ4n) is 4.07. The first kappa shape index (κ1) is 24.9. The molecule has 1 fully saturated rings. The Morgan fingerprint density at radius 2 is 1.97 bits per heavy atom. The molecule has 0 unspecified atom stereocenters. The van der Waals surface area contributed by atoms with E-state index in [0.29, 0.717) is 22.8 Å². The minimum atomic E-state index is -4.63. The molecule has 0 aliphatic heterocycles. The molecule has 0 aromatic heterocycles. The Bertz CT molecular complexity index is 1020.